The third-order valence-electron chi connectivity index (χ3n) is 2.88. The van der Waals surface area contributed by atoms with Gasteiger partial charge in [-0.3, -0.25) is 0 Å². The average molecular weight is 230 g/mol. The molecule has 4 heteroatoms. The molecular weight excluding hydrogens is 208 g/mol. The van der Waals surface area contributed by atoms with E-state index >= 15 is 0 Å². The minimum atomic E-state index is 0.00412. The molecule has 1 aliphatic carbocycles. The second kappa shape index (κ2) is 6.99. The Labute approximate surface area is 96.8 Å². The molecule has 2 amide bonds. The standard InChI is InChI=1S/C11H22N2OS/c1-3-8-12-11(14)13-9-4-6-10(15-2)7-5-9/h9-10H,3-8H2,1-2H3,(H2,12,13,14). The summed E-state index contributed by atoms with van der Waals surface area (Å²) in [6.45, 7) is 2.83. The third-order valence-corrected chi connectivity index (χ3v) is 4.02. The van der Waals surface area contributed by atoms with E-state index in [4.69, 9.17) is 0 Å². The lowest BCUT2D eigenvalue weighted by Crippen LogP contribution is -2.44. The molecule has 1 rings (SSSR count). The SMILES string of the molecule is CCCNC(=O)NC1CCC(SC)CC1. The molecule has 1 fully saturated rings. The van der Waals surface area contributed by atoms with Crippen LogP contribution in [-0.2, 0) is 0 Å². The van der Waals surface area contributed by atoms with Crippen molar-refractivity contribution in [2.45, 2.75) is 50.3 Å². The zero-order valence-electron chi connectivity index (χ0n) is 9.71. The fraction of sp³-hybridized carbons (Fsp3) is 0.909. The third kappa shape index (κ3) is 4.78. The Hall–Kier alpha value is -0.380. The first-order valence-electron chi connectivity index (χ1n) is 5.83. The molecule has 3 nitrogen and oxygen atoms in total. The Bertz CT molecular complexity index is 191. The summed E-state index contributed by atoms with van der Waals surface area (Å²) in [5.41, 5.74) is 0. The minimum absolute atomic E-state index is 0.00412. The Morgan fingerprint density at radius 2 is 2.00 bits per heavy atom. The lowest BCUT2D eigenvalue weighted by molar-refractivity contribution is 0.233. The summed E-state index contributed by atoms with van der Waals surface area (Å²) >= 11 is 1.95. The van der Waals surface area contributed by atoms with Gasteiger partial charge in [0.05, 0.1) is 0 Å². The number of urea groups is 1. The number of hydrogen-bond donors (Lipinski definition) is 2. The predicted molar refractivity (Wildman–Crippen MR) is 66.4 cm³/mol. The summed E-state index contributed by atoms with van der Waals surface area (Å²) in [5, 5.41) is 6.70. The van der Waals surface area contributed by atoms with Gasteiger partial charge in [-0.25, -0.2) is 4.79 Å². The maximum absolute atomic E-state index is 11.4. The molecule has 0 aromatic heterocycles. The number of amides is 2. The van der Waals surface area contributed by atoms with Crippen molar-refractivity contribution < 1.29 is 4.79 Å². The van der Waals surface area contributed by atoms with Crippen LogP contribution in [0.2, 0.25) is 0 Å². The molecule has 15 heavy (non-hydrogen) atoms. The van der Waals surface area contributed by atoms with Crippen molar-refractivity contribution in [2.75, 3.05) is 12.8 Å². The smallest absolute Gasteiger partial charge is 0.315 e. The van der Waals surface area contributed by atoms with Crippen LogP contribution in [0, 0.1) is 0 Å². The molecule has 0 saturated heterocycles. The molecule has 0 bridgehead atoms. The van der Waals surface area contributed by atoms with Crippen molar-refractivity contribution in [1.82, 2.24) is 10.6 Å². The van der Waals surface area contributed by atoms with Crippen LogP contribution in [0.5, 0.6) is 0 Å². The maximum Gasteiger partial charge on any atom is 0.315 e. The number of carbonyl (C=O) groups is 1. The minimum Gasteiger partial charge on any atom is -0.338 e. The van der Waals surface area contributed by atoms with Crippen molar-refractivity contribution >= 4 is 17.8 Å². The second-order valence-electron chi connectivity index (χ2n) is 4.11. The highest BCUT2D eigenvalue weighted by Gasteiger charge is 2.21. The molecule has 0 aliphatic heterocycles. The number of hydrogen-bond acceptors (Lipinski definition) is 2. The van der Waals surface area contributed by atoms with Crippen LogP contribution < -0.4 is 10.6 Å². The van der Waals surface area contributed by atoms with Crippen molar-refractivity contribution in [3.63, 3.8) is 0 Å². The van der Waals surface area contributed by atoms with E-state index in [1.54, 1.807) is 0 Å². The van der Waals surface area contributed by atoms with Gasteiger partial charge in [0.15, 0.2) is 0 Å². The van der Waals surface area contributed by atoms with Gasteiger partial charge in [-0.1, -0.05) is 6.92 Å². The zero-order chi connectivity index (χ0) is 11.1. The highest BCUT2D eigenvalue weighted by Crippen LogP contribution is 2.26. The van der Waals surface area contributed by atoms with E-state index in [0.717, 1.165) is 31.1 Å². The molecule has 0 heterocycles. The van der Waals surface area contributed by atoms with Crippen LogP contribution in [-0.4, -0.2) is 30.1 Å². The van der Waals surface area contributed by atoms with Gasteiger partial charge in [-0.05, 0) is 38.4 Å². The molecular formula is C11H22N2OS. The number of rotatable bonds is 4. The predicted octanol–water partition coefficient (Wildman–Crippen LogP) is 2.37. The number of nitrogens with one attached hydrogen (secondary N) is 2. The molecule has 2 N–H and O–H groups in total. The molecule has 0 aromatic carbocycles. The van der Waals surface area contributed by atoms with E-state index in [-0.39, 0.29) is 6.03 Å². The molecule has 0 aromatic rings. The topological polar surface area (TPSA) is 41.1 Å². The van der Waals surface area contributed by atoms with E-state index in [1.807, 2.05) is 11.8 Å². The number of carbonyl (C=O) groups excluding carboxylic acids is 1. The normalized spacial score (nSPS) is 26.0. The van der Waals surface area contributed by atoms with E-state index < -0.39 is 0 Å². The molecule has 0 radical (unpaired) electrons. The first-order valence-corrected chi connectivity index (χ1v) is 7.12. The summed E-state index contributed by atoms with van der Waals surface area (Å²) in [7, 11) is 0. The first kappa shape index (κ1) is 12.7. The molecule has 0 spiro atoms. The van der Waals surface area contributed by atoms with E-state index in [0.29, 0.717) is 6.04 Å². The Morgan fingerprint density at radius 3 is 2.53 bits per heavy atom. The largest absolute Gasteiger partial charge is 0.338 e. The van der Waals surface area contributed by atoms with Gasteiger partial charge in [-0.15, -0.1) is 0 Å². The van der Waals surface area contributed by atoms with Gasteiger partial charge in [0.25, 0.3) is 0 Å². The first-order chi connectivity index (χ1) is 7.26. The molecule has 1 aliphatic rings. The summed E-state index contributed by atoms with van der Waals surface area (Å²) in [6, 6.07) is 0.398. The molecule has 0 atom stereocenters. The lowest BCUT2D eigenvalue weighted by Gasteiger charge is -2.28. The second-order valence-corrected chi connectivity index (χ2v) is 5.25. The van der Waals surface area contributed by atoms with Crippen LogP contribution in [0.15, 0.2) is 0 Å². The van der Waals surface area contributed by atoms with Gasteiger partial charge in [0.1, 0.15) is 0 Å². The van der Waals surface area contributed by atoms with E-state index in [2.05, 4.69) is 23.8 Å². The van der Waals surface area contributed by atoms with E-state index in [1.165, 1.54) is 12.8 Å². The van der Waals surface area contributed by atoms with Crippen molar-refractivity contribution in [2.24, 2.45) is 0 Å². The Balaban J connectivity index is 2.15. The Morgan fingerprint density at radius 1 is 1.33 bits per heavy atom. The van der Waals surface area contributed by atoms with Gasteiger partial charge in [0.2, 0.25) is 0 Å². The lowest BCUT2D eigenvalue weighted by atomic mass is 9.95. The average Bonchev–Trinajstić information content (AvgIpc) is 2.27. The highest BCUT2D eigenvalue weighted by atomic mass is 32.2. The van der Waals surface area contributed by atoms with Crippen molar-refractivity contribution in [1.29, 1.82) is 0 Å². The zero-order valence-corrected chi connectivity index (χ0v) is 10.5. The van der Waals surface area contributed by atoms with Crippen LogP contribution in [0.4, 0.5) is 4.79 Å². The summed E-state index contributed by atoms with van der Waals surface area (Å²) in [6.07, 6.45) is 7.90. The maximum atomic E-state index is 11.4. The number of thioether (sulfide) groups is 1. The highest BCUT2D eigenvalue weighted by molar-refractivity contribution is 7.99. The van der Waals surface area contributed by atoms with Crippen LogP contribution in [0.3, 0.4) is 0 Å². The van der Waals surface area contributed by atoms with Gasteiger partial charge >= 0.3 is 6.03 Å². The Kier molecular flexibility index (Phi) is 5.91. The molecule has 1 saturated carbocycles. The van der Waals surface area contributed by atoms with Crippen molar-refractivity contribution in [3.8, 4) is 0 Å². The van der Waals surface area contributed by atoms with Gasteiger partial charge in [0, 0.05) is 17.8 Å². The van der Waals surface area contributed by atoms with Crippen LogP contribution >= 0.6 is 11.8 Å². The van der Waals surface area contributed by atoms with E-state index in [9.17, 15) is 4.79 Å². The fourth-order valence-corrected chi connectivity index (χ4v) is 2.66. The van der Waals surface area contributed by atoms with Crippen LogP contribution in [0.25, 0.3) is 0 Å². The van der Waals surface area contributed by atoms with Gasteiger partial charge < -0.3 is 10.6 Å². The molecule has 0 unspecified atom stereocenters. The summed E-state index contributed by atoms with van der Waals surface area (Å²) in [4.78, 5) is 11.4. The van der Waals surface area contributed by atoms with Gasteiger partial charge in [-0.2, -0.15) is 11.8 Å². The van der Waals surface area contributed by atoms with Crippen LogP contribution in [0.1, 0.15) is 39.0 Å². The van der Waals surface area contributed by atoms with Crippen molar-refractivity contribution in [3.05, 3.63) is 0 Å². The molecule has 88 valence electrons. The summed E-state index contributed by atoms with van der Waals surface area (Å²) in [5.74, 6) is 0. The quantitative estimate of drug-likeness (QED) is 0.778. The monoisotopic (exact) mass is 230 g/mol. The fourth-order valence-electron chi connectivity index (χ4n) is 1.92. The summed E-state index contributed by atoms with van der Waals surface area (Å²) < 4.78 is 0.